The van der Waals surface area contributed by atoms with Crippen LogP contribution < -0.4 is 10.6 Å². The summed E-state index contributed by atoms with van der Waals surface area (Å²) in [4.78, 5) is 14.6. The molecule has 1 saturated heterocycles. The van der Waals surface area contributed by atoms with Crippen LogP contribution in [0.5, 0.6) is 0 Å². The maximum Gasteiger partial charge on any atom is 0.268 e. The van der Waals surface area contributed by atoms with Gasteiger partial charge in [0.05, 0.1) is 17.2 Å². The number of halogens is 2. The van der Waals surface area contributed by atoms with Crippen molar-refractivity contribution in [2.45, 2.75) is 12.1 Å². The lowest BCUT2D eigenvalue weighted by atomic mass is 10.2. The van der Waals surface area contributed by atoms with Crippen molar-refractivity contribution in [3.63, 3.8) is 0 Å². The van der Waals surface area contributed by atoms with E-state index in [4.69, 9.17) is 27.9 Å². The number of hydrogen-bond donors (Lipinski definition) is 3. The maximum absolute atomic E-state index is 11.9. The van der Waals surface area contributed by atoms with E-state index < -0.39 is 0 Å². The molecule has 1 fully saturated rings. The van der Waals surface area contributed by atoms with E-state index in [-0.39, 0.29) is 23.2 Å². The largest absolute Gasteiger partial charge is 0.378 e. The number of carbonyl (C=O) groups is 1. The van der Waals surface area contributed by atoms with E-state index >= 15 is 0 Å². The van der Waals surface area contributed by atoms with E-state index in [0.29, 0.717) is 17.3 Å². The highest BCUT2D eigenvalue weighted by Crippen LogP contribution is 2.21. The summed E-state index contributed by atoms with van der Waals surface area (Å²) in [6.45, 7) is 1.42. The van der Waals surface area contributed by atoms with Gasteiger partial charge in [0.1, 0.15) is 10.8 Å². The molecule has 17 heavy (non-hydrogen) atoms. The number of methoxy groups -OCH3 is 1. The van der Waals surface area contributed by atoms with Gasteiger partial charge in [0.15, 0.2) is 0 Å². The van der Waals surface area contributed by atoms with E-state index in [1.54, 1.807) is 7.11 Å². The van der Waals surface area contributed by atoms with Crippen LogP contribution in [0, 0.1) is 0 Å². The van der Waals surface area contributed by atoms with Gasteiger partial charge in [-0.3, -0.25) is 4.79 Å². The van der Waals surface area contributed by atoms with Gasteiger partial charge < -0.3 is 20.4 Å². The average Bonchev–Trinajstić information content (AvgIpc) is 2.86. The second-order valence-corrected chi connectivity index (χ2v) is 4.64. The van der Waals surface area contributed by atoms with Crippen LogP contribution in [-0.4, -0.2) is 43.2 Å². The van der Waals surface area contributed by atoms with Crippen LogP contribution in [0.4, 0.5) is 0 Å². The summed E-state index contributed by atoms with van der Waals surface area (Å²) in [5.74, 6) is -0.241. The van der Waals surface area contributed by atoms with Crippen LogP contribution in [0.15, 0.2) is 6.07 Å². The molecule has 0 radical (unpaired) electrons. The number of amides is 1. The van der Waals surface area contributed by atoms with Crippen molar-refractivity contribution in [2.24, 2.45) is 0 Å². The quantitative estimate of drug-likeness (QED) is 0.774. The van der Waals surface area contributed by atoms with E-state index in [0.717, 1.165) is 6.54 Å². The summed E-state index contributed by atoms with van der Waals surface area (Å²) in [6, 6.07) is 1.46. The Hall–Kier alpha value is -0.750. The van der Waals surface area contributed by atoms with Gasteiger partial charge in [-0.15, -0.1) is 0 Å². The van der Waals surface area contributed by atoms with Crippen LogP contribution in [0.1, 0.15) is 10.5 Å². The topological polar surface area (TPSA) is 66.2 Å². The van der Waals surface area contributed by atoms with Crippen LogP contribution >= 0.6 is 23.2 Å². The van der Waals surface area contributed by atoms with E-state index in [2.05, 4.69) is 15.6 Å². The molecule has 3 N–H and O–H groups in total. The van der Waals surface area contributed by atoms with E-state index in [9.17, 15) is 4.79 Å². The van der Waals surface area contributed by atoms with Crippen molar-refractivity contribution in [1.29, 1.82) is 0 Å². The molecule has 0 aromatic carbocycles. The molecule has 0 aliphatic carbocycles. The number of carbonyl (C=O) groups excluding carboxylic acids is 1. The molecule has 1 aromatic heterocycles. The number of ether oxygens (including phenoxy) is 1. The number of nitrogens with one attached hydrogen (secondary N) is 3. The van der Waals surface area contributed by atoms with E-state index in [1.165, 1.54) is 6.07 Å². The molecule has 2 rings (SSSR count). The Labute approximate surface area is 109 Å². The van der Waals surface area contributed by atoms with Crippen molar-refractivity contribution in [1.82, 2.24) is 15.6 Å². The van der Waals surface area contributed by atoms with Crippen molar-refractivity contribution in [3.8, 4) is 0 Å². The molecule has 0 spiro atoms. The first kappa shape index (κ1) is 12.7. The highest BCUT2D eigenvalue weighted by Gasteiger charge is 2.28. The van der Waals surface area contributed by atoms with Crippen molar-refractivity contribution < 1.29 is 9.53 Å². The number of rotatable bonds is 3. The third-order valence-corrected chi connectivity index (χ3v) is 3.44. The van der Waals surface area contributed by atoms with Crippen molar-refractivity contribution in [3.05, 3.63) is 21.9 Å². The lowest BCUT2D eigenvalue weighted by Crippen LogP contribution is -2.43. The molecular formula is C10H13Cl2N3O2. The Bertz CT molecular complexity index is 402. The lowest BCUT2D eigenvalue weighted by Gasteiger charge is -2.17. The number of aromatic amines is 1. The highest BCUT2D eigenvalue weighted by atomic mass is 35.5. The molecule has 94 valence electrons. The van der Waals surface area contributed by atoms with Crippen molar-refractivity contribution >= 4 is 29.1 Å². The number of aromatic nitrogens is 1. The molecule has 5 nitrogen and oxygen atoms in total. The Balaban J connectivity index is 2.01. The van der Waals surface area contributed by atoms with Crippen molar-refractivity contribution in [2.75, 3.05) is 20.2 Å². The summed E-state index contributed by atoms with van der Waals surface area (Å²) in [7, 11) is 1.62. The van der Waals surface area contributed by atoms with Crippen LogP contribution in [0.3, 0.4) is 0 Å². The number of H-pyrrole nitrogens is 1. The second kappa shape index (κ2) is 5.27. The van der Waals surface area contributed by atoms with Gasteiger partial charge in [-0.25, -0.2) is 0 Å². The molecular weight excluding hydrogens is 265 g/mol. The first-order valence-corrected chi connectivity index (χ1v) is 5.95. The fourth-order valence-electron chi connectivity index (χ4n) is 1.82. The SMILES string of the molecule is CO[C@H]1CNCC1NC(=O)c1cc(Cl)c(Cl)[nH]1. The van der Waals surface area contributed by atoms with Crippen LogP contribution in [-0.2, 0) is 4.74 Å². The van der Waals surface area contributed by atoms with E-state index in [1.807, 2.05) is 0 Å². The molecule has 0 saturated carbocycles. The molecule has 1 aromatic rings. The zero-order chi connectivity index (χ0) is 12.4. The van der Waals surface area contributed by atoms with Gasteiger partial charge in [0, 0.05) is 20.2 Å². The molecule has 1 amide bonds. The summed E-state index contributed by atoms with van der Waals surface area (Å²) >= 11 is 11.5. The van der Waals surface area contributed by atoms with Gasteiger partial charge >= 0.3 is 0 Å². The Morgan fingerprint density at radius 1 is 1.53 bits per heavy atom. The smallest absolute Gasteiger partial charge is 0.268 e. The fraction of sp³-hybridized carbons (Fsp3) is 0.500. The minimum absolute atomic E-state index is 0.0140. The average molecular weight is 278 g/mol. The Kier molecular flexibility index (Phi) is 3.93. The number of hydrogen-bond acceptors (Lipinski definition) is 3. The van der Waals surface area contributed by atoms with Gasteiger partial charge in [-0.2, -0.15) is 0 Å². The first-order valence-electron chi connectivity index (χ1n) is 5.20. The summed E-state index contributed by atoms with van der Waals surface area (Å²) in [5, 5.41) is 6.61. The van der Waals surface area contributed by atoms with Gasteiger partial charge in [-0.05, 0) is 6.07 Å². The normalized spacial score (nSPS) is 23.9. The van der Waals surface area contributed by atoms with Crippen LogP contribution in [0.2, 0.25) is 10.2 Å². The third-order valence-electron chi connectivity index (χ3n) is 2.75. The Morgan fingerprint density at radius 3 is 2.88 bits per heavy atom. The summed E-state index contributed by atoms with van der Waals surface area (Å²) in [6.07, 6.45) is -0.0140. The monoisotopic (exact) mass is 277 g/mol. The minimum Gasteiger partial charge on any atom is -0.378 e. The molecule has 1 aliphatic heterocycles. The maximum atomic E-state index is 11.9. The van der Waals surface area contributed by atoms with Crippen LogP contribution in [0.25, 0.3) is 0 Å². The molecule has 2 heterocycles. The predicted octanol–water partition coefficient (Wildman–Crippen LogP) is 1.04. The molecule has 2 atom stereocenters. The highest BCUT2D eigenvalue weighted by molar-refractivity contribution is 6.41. The third kappa shape index (κ3) is 2.74. The predicted molar refractivity (Wildman–Crippen MR) is 65.7 cm³/mol. The second-order valence-electron chi connectivity index (χ2n) is 3.86. The van der Waals surface area contributed by atoms with Gasteiger partial charge in [0.25, 0.3) is 5.91 Å². The lowest BCUT2D eigenvalue weighted by molar-refractivity contribution is 0.0777. The molecule has 7 heteroatoms. The standard InChI is InChI=1S/C10H13Cl2N3O2/c1-17-8-4-13-3-7(8)15-10(16)6-2-5(11)9(12)14-6/h2,7-8,13-14H,3-4H2,1H3,(H,15,16)/t7?,8-/m0/s1. The molecule has 1 unspecified atom stereocenters. The fourth-order valence-corrected chi connectivity index (χ4v) is 2.13. The zero-order valence-corrected chi connectivity index (χ0v) is 10.7. The first-order chi connectivity index (χ1) is 8.11. The summed E-state index contributed by atoms with van der Waals surface area (Å²) in [5.41, 5.74) is 0.349. The van der Waals surface area contributed by atoms with Gasteiger partial charge in [-0.1, -0.05) is 23.2 Å². The Morgan fingerprint density at radius 2 is 2.29 bits per heavy atom. The minimum atomic E-state index is -0.241. The zero-order valence-electron chi connectivity index (χ0n) is 9.22. The summed E-state index contributed by atoms with van der Waals surface area (Å²) < 4.78 is 5.25. The molecule has 1 aliphatic rings. The van der Waals surface area contributed by atoms with Gasteiger partial charge in [0.2, 0.25) is 0 Å². The molecule has 0 bridgehead atoms.